The third-order valence-corrected chi connectivity index (χ3v) is 6.07. The highest BCUT2D eigenvalue weighted by atomic mass is 16.5. The number of carbonyl (C=O) groups is 2. The SMILES string of the molecule is CN(C(=O)Cc1cccc2occc12)C(CN1CCC(O)C1)c1cccc(OCC(=O)O)c1. The predicted octanol–water partition coefficient (Wildman–Crippen LogP) is 2.71. The van der Waals surface area contributed by atoms with Gasteiger partial charge in [-0.3, -0.25) is 9.69 Å². The summed E-state index contributed by atoms with van der Waals surface area (Å²) in [4.78, 5) is 28.1. The van der Waals surface area contributed by atoms with Crippen molar-refractivity contribution in [3.63, 3.8) is 0 Å². The number of β-amino-alcohol motifs (C(OH)–C–C–N with tert-alkyl or cyclic N) is 1. The lowest BCUT2D eigenvalue weighted by molar-refractivity contribution is -0.139. The van der Waals surface area contributed by atoms with Crippen LogP contribution in [-0.2, 0) is 16.0 Å². The fourth-order valence-corrected chi connectivity index (χ4v) is 4.30. The van der Waals surface area contributed by atoms with E-state index in [2.05, 4.69) is 4.90 Å². The highest BCUT2D eigenvalue weighted by Gasteiger charge is 2.28. The van der Waals surface area contributed by atoms with Crippen LogP contribution in [-0.4, -0.2) is 71.3 Å². The molecule has 2 aromatic carbocycles. The molecule has 8 nitrogen and oxygen atoms in total. The molecule has 0 saturated carbocycles. The molecule has 8 heteroatoms. The van der Waals surface area contributed by atoms with E-state index in [-0.39, 0.29) is 24.5 Å². The van der Waals surface area contributed by atoms with Crippen LogP contribution in [0.25, 0.3) is 11.0 Å². The van der Waals surface area contributed by atoms with Gasteiger partial charge in [0.05, 0.1) is 24.8 Å². The number of carboxylic acids is 1. The van der Waals surface area contributed by atoms with E-state index in [0.29, 0.717) is 25.3 Å². The third kappa shape index (κ3) is 5.53. The number of likely N-dealkylation sites (tertiary alicyclic amines) is 1. The Morgan fingerprint density at radius 2 is 2.06 bits per heavy atom. The molecule has 1 amide bonds. The Kier molecular flexibility index (Phi) is 6.96. The molecule has 1 fully saturated rings. The number of aliphatic hydroxyl groups excluding tert-OH is 1. The zero-order valence-corrected chi connectivity index (χ0v) is 18.5. The van der Waals surface area contributed by atoms with Gasteiger partial charge in [-0.1, -0.05) is 24.3 Å². The summed E-state index contributed by atoms with van der Waals surface area (Å²) in [5.41, 5.74) is 2.48. The molecular formula is C25H28N2O6. The summed E-state index contributed by atoms with van der Waals surface area (Å²) in [6, 6.07) is 14.4. The highest BCUT2D eigenvalue weighted by molar-refractivity contribution is 5.87. The van der Waals surface area contributed by atoms with Gasteiger partial charge >= 0.3 is 5.97 Å². The fraction of sp³-hybridized carbons (Fsp3) is 0.360. The van der Waals surface area contributed by atoms with Crippen molar-refractivity contribution in [3.8, 4) is 5.75 Å². The standard InChI is InChI=1S/C25H28N2O6/c1-26(24(29)13-17-4-3-7-23-21(17)9-11-32-23)22(15-27-10-8-19(28)14-27)18-5-2-6-20(12-18)33-16-25(30)31/h2-7,9,11-12,19,22,28H,8,10,13-16H2,1H3,(H,30,31). The molecule has 2 unspecified atom stereocenters. The molecule has 1 aliphatic heterocycles. The average Bonchev–Trinajstić information content (AvgIpc) is 3.45. The van der Waals surface area contributed by atoms with Crippen LogP contribution in [0.4, 0.5) is 0 Å². The average molecular weight is 453 g/mol. The molecule has 0 aliphatic carbocycles. The number of rotatable bonds is 9. The molecule has 2 N–H and O–H groups in total. The van der Waals surface area contributed by atoms with Crippen LogP contribution in [0.5, 0.6) is 5.75 Å². The van der Waals surface area contributed by atoms with E-state index in [0.717, 1.165) is 28.6 Å². The number of nitrogens with zero attached hydrogens (tertiary/aromatic N) is 2. The van der Waals surface area contributed by atoms with Crippen molar-refractivity contribution in [2.24, 2.45) is 0 Å². The van der Waals surface area contributed by atoms with Crippen molar-refractivity contribution in [1.82, 2.24) is 9.80 Å². The summed E-state index contributed by atoms with van der Waals surface area (Å²) in [6.45, 7) is 1.43. The number of hydrogen-bond donors (Lipinski definition) is 2. The smallest absolute Gasteiger partial charge is 0.341 e. The van der Waals surface area contributed by atoms with E-state index in [9.17, 15) is 14.7 Å². The van der Waals surface area contributed by atoms with Gasteiger partial charge in [0.15, 0.2) is 6.61 Å². The lowest BCUT2D eigenvalue weighted by atomic mass is 10.0. The van der Waals surface area contributed by atoms with Gasteiger partial charge in [-0.2, -0.15) is 0 Å². The molecule has 2 heterocycles. The van der Waals surface area contributed by atoms with E-state index >= 15 is 0 Å². The molecule has 0 radical (unpaired) electrons. The first kappa shape index (κ1) is 22.8. The van der Waals surface area contributed by atoms with Crippen LogP contribution in [0.2, 0.25) is 0 Å². The Morgan fingerprint density at radius 1 is 1.24 bits per heavy atom. The van der Waals surface area contributed by atoms with Crippen molar-refractivity contribution in [2.45, 2.75) is 25.0 Å². The number of ether oxygens (including phenoxy) is 1. The van der Waals surface area contributed by atoms with Crippen molar-refractivity contribution in [2.75, 3.05) is 33.3 Å². The van der Waals surface area contributed by atoms with Crippen LogP contribution < -0.4 is 4.74 Å². The largest absolute Gasteiger partial charge is 0.482 e. The molecule has 33 heavy (non-hydrogen) atoms. The van der Waals surface area contributed by atoms with Crippen LogP contribution >= 0.6 is 0 Å². The van der Waals surface area contributed by atoms with Crippen LogP contribution in [0.15, 0.2) is 59.2 Å². The number of aliphatic carboxylic acids is 1. The zero-order valence-electron chi connectivity index (χ0n) is 18.5. The lowest BCUT2D eigenvalue weighted by Gasteiger charge is -2.32. The fourth-order valence-electron chi connectivity index (χ4n) is 4.30. The first-order chi connectivity index (χ1) is 15.9. The summed E-state index contributed by atoms with van der Waals surface area (Å²) in [5.74, 6) is -0.667. The molecule has 1 aromatic heterocycles. The van der Waals surface area contributed by atoms with Gasteiger partial charge in [-0.05, 0) is 41.8 Å². The van der Waals surface area contributed by atoms with Gasteiger partial charge in [-0.25, -0.2) is 4.79 Å². The maximum Gasteiger partial charge on any atom is 0.341 e. The van der Waals surface area contributed by atoms with Gasteiger partial charge in [-0.15, -0.1) is 0 Å². The minimum absolute atomic E-state index is 0.0506. The third-order valence-electron chi connectivity index (χ3n) is 6.07. The van der Waals surface area contributed by atoms with Crippen LogP contribution in [0.1, 0.15) is 23.6 Å². The molecule has 4 rings (SSSR count). The van der Waals surface area contributed by atoms with Crippen LogP contribution in [0.3, 0.4) is 0 Å². The lowest BCUT2D eigenvalue weighted by Crippen LogP contribution is -2.39. The van der Waals surface area contributed by atoms with Gasteiger partial charge in [0, 0.05) is 32.1 Å². The molecule has 0 bridgehead atoms. The van der Waals surface area contributed by atoms with E-state index < -0.39 is 12.6 Å². The summed E-state index contributed by atoms with van der Waals surface area (Å²) < 4.78 is 10.8. The summed E-state index contributed by atoms with van der Waals surface area (Å²) in [5, 5.41) is 19.8. The van der Waals surface area contributed by atoms with E-state index in [1.807, 2.05) is 30.3 Å². The topological polar surface area (TPSA) is 103 Å². The maximum atomic E-state index is 13.3. The summed E-state index contributed by atoms with van der Waals surface area (Å²) in [7, 11) is 1.78. The monoisotopic (exact) mass is 452 g/mol. The molecule has 3 aromatic rings. The van der Waals surface area contributed by atoms with Gasteiger partial charge < -0.3 is 24.3 Å². The number of carbonyl (C=O) groups excluding carboxylic acids is 1. The Balaban J connectivity index is 1.57. The van der Waals surface area contributed by atoms with Crippen molar-refractivity contribution >= 4 is 22.8 Å². The second-order valence-electron chi connectivity index (χ2n) is 8.40. The van der Waals surface area contributed by atoms with Crippen LogP contribution in [0, 0.1) is 0 Å². The number of aliphatic hydroxyl groups is 1. The number of furan rings is 1. The Labute approximate surface area is 192 Å². The van der Waals surface area contributed by atoms with Crippen molar-refractivity contribution in [1.29, 1.82) is 0 Å². The van der Waals surface area contributed by atoms with E-state index in [1.54, 1.807) is 36.4 Å². The molecule has 0 spiro atoms. The number of amides is 1. The second-order valence-corrected chi connectivity index (χ2v) is 8.40. The minimum atomic E-state index is -1.05. The van der Waals surface area contributed by atoms with E-state index in [1.165, 1.54) is 0 Å². The molecule has 2 atom stereocenters. The molecular weight excluding hydrogens is 424 g/mol. The molecule has 1 aliphatic rings. The van der Waals surface area contributed by atoms with Crippen molar-refractivity contribution < 1.29 is 29.0 Å². The van der Waals surface area contributed by atoms with Gasteiger partial charge in [0.1, 0.15) is 11.3 Å². The number of likely N-dealkylation sites (N-methyl/N-ethyl adjacent to an activating group) is 1. The van der Waals surface area contributed by atoms with E-state index in [4.69, 9.17) is 14.3 Å². The summed E-state index contributed by atoms with van der Waals surface area (Å²) in [6.07, 6.45) is 2.18. The van der Waals surface area contributed by atoms with Crippen molar-refractivity contribution in [3.05, 3.63) is 65.9 Å². The first-order valence-corrected chi connectivity index (χ1v) is 11.0. The van der Waals surface area contributed by atoms with Gasteiger partial charge in [0.25, 0.3) is 0 Å². The number of carboxylic acid groups (broad SMARTS) is 1. The Bertz CT molecular complexity index is 1130. The minimum Gasteiger partial charge on any atom is -0.482 e. The number of benzene rings is 2. The predicted molar refractivity (Wildman–Crippen MR) is 122 cm³/mol. The normalized spacial score (nSPS) is 17.2. The first-order valence-electron chi connectivity index (χ1n) is 11.0. The highest BCUT2D eigenvalue weighted by Crippen LogP contribution is 2.28. The second kappa shape index (κ2) is 10.1. The number of fused-ring (bicyclic) bond motifs is 1. The Morgan fingerprint density at radius 3 is 2.82 bits per heavy atom. The molecule has 1 saturated heterocycles. The molecule has 174 valence electrons. The maximum absolute atomic E-state index is 13.3. The summed E-state index contributed by atoms with van der Waals surface area (Å²) >= 11 is 0. The zero-order chi connectivity index (χ0) is 23.4. The van der Waals surface area contributed by atoms with Gasteiger partial charge in [0.2, 0.25) is 5.91 Å². The number of hydrogen-bond acceptors (Lipinski definition) is 6. The Hall–Kier alpha value is -3.36. The quantitative estimate of drug-likeness (QED) is 0.514.